The summed E-state index contributed by atoms with van der Waals surface area (Å²) in [5, 5.41) is 11.1. The number of aryl methyl sites for hydroxylation is 1. The Morgan fingerprint density at radius 2 is 1.93 bits per heavy atom. The van der Waals surface area contributed by atoms with Crippen LogP contribution >= 0.6 is 11.6 Å². The summed E-state index contributed by atoms with van der Waals surface area (Å²) in [5.41, 5.74) is 2.23. The first kappa shape index (κ1) is 19.1. The maximum atomic E-state index is 12.9. The molecular weight excluding hydrogens is 364 g/mol. The van der Waals surface area contributed by atoms with Gasteiger partial charge in [-0.15, -0.1) is 0 Å². The summed E-state index contributed by atoms with van der Waals surface area (Å²) >= 11 is 6.05. The van der Waals surface area contributed by atoms with Gasteiger partial charge >= 0.3 is 0 Å². The predicted molar refractivity (Wildman–Crippen MR) is 105 cm³/mol. The Labute approximate surface area is 163 Å². The van der Waals surface area contributed by atoms with Crippen molar-refractivity contribution in [1.82, 2.24) is 4.98 Å². The van der Waals surface area contributed by atoms with Gasteiger partial charge < -0.3 is 5.11 Å². The fraction of sp³-hybridized carbons (Fsp3) is 0.286. The van der Waals surface area contributed by atoms with Crippen molar-refractivity contribution in [2.75, 3.05) is 4.90 Å². The topological polar surface area (TPSA) is 70.5 Å². The molecule has 1 aromatic carbocycles. The van der Waals surface area contributed by atoms with Crippen molar-refractivity contribution in [2.45, 2.75) is 33.2 Å². The van der Waals surface area contributed by atoms with E-state index < -0.39 is 17.7 Å². The van der Waals surface area contributed by atoms with Gasteiger partial charge in [-0.25, -0.2) is 0 Å². The number of halogens is 1. The van der Waals surface area contributed by atoms with Gasteiger partial charge in [0, 0.05) is 29.5 Å². The zero-order valence-electron chi connectivity index (χ0n) is 15.4. The Morgan fingerprint density at radius 3 is 2.52 bits per heavy atom. The number of ketones is 1. The van der Waals surface area contributed by atoms with Gasteiger partial charge in [-0.05, 0) is 54.3 Å². The SMILES string of the molecule is Cc1cc(Cl)ccc1N1C(=O)C(O)=C(C(=O)CC(C)C)C1c1ccncc1. The second-order valence-corrected chi connectivity index (χ2v) is 7.51. The molecule has 1 aromatic heterocycles. The van der Waals surface area contributed by atoms with Crippen LogP contribution < -0.4 is 4.90 Å². The third-order valence-electron chi connectivity index (χ3n) is 4.54. The van der Waals surface area contributed by atoms with Crippen LogP contribution in [0.1, 0.15) is 37.4 Å². The zero-order valence-corrected chi connectivity index (χ0v) is 16.2. The fourth-order valence-corrected chi connectivity index (χ4v) is 3.60. The number of aliphatic hydroxyl groups is 1. The molecule has 0 saturated heterocycles. The Kier molecular flexibility index (Phi) is 5.33. The lowest BCUT2D eigenvalue weighted by molar-refractivity contribution is -0.118. The molecule has 2 aromatic rings. The van der Waals surface area contributed by atoms with E-state index in [-0.39, 0.29) is 23.7 Å². The molecule has 1 unspecified atom stereocenters. The highest BCUT2D eigenvalue weighted by molar-refractivity contribution is 6.30. The van der Waals surface area contributed by atoms with E-state index in [0.717, 1.165) is 5.56 Å². The normalized spacial score (nSPS) is 17.1. The van der Waals surface area contributed by atoms with Crippen LogP contribution in [0.5, 0.6) is 0 Å². The number of benzene rings is 1. The molecule has 0 fully saturated rings. The number of aliphatic hydroxyl groups excluding tert-OH is 1. The molecule has 1 atom stereocenters. The zero-order chi connectivity index (χ0) is 19.7. The molecule has 140 valence electrons. The standard InChI is InChI=1S/C21H21ClN2O3/c1-12(2)10-17(25)18-19(14-6-8-23-9-7-14)24(21(27)20(18)26)16-5-4-15(22)11-13(16)3/h4-9,11-12,19,26H,10H2,1-3H3. The van der Waals surface area contributed by atoms with E-state index >= 15 is 0 Å². The number of amides is 1. The minimum atomic E-state index is -0.702. The number of hydrogen-bond acceptors (Lipinski definition) is 4. The molecule has 1 N–H and O–H groups in total. The summed E-state index contributed by atoms with van der Waals surface area (Å²) in [4.78, 5) is 31.3. The Balaban J connectivity index is 2.16. The van der Waals surface area contributed by atoms with E-state index in [0.29, 0.717) is 16.3 Å². The first-order valence-electron chi connectivity index (χ1n) is 8.77. The Morgan fingerprint density at radius 1 is 1.26 bits per heavy atom. The van der Waals surface area contributed by atoms with Gasteiger partial charge in [-0.3, -0.25) is 19.5 Å². The van der Waals surface area contributed by atoms with E-state index in [1.165, 1.54) is 4.90 Å². The van der Waals surface area contributed by atoms with E-state index in [2.05, 4.69) is 4.98 Å². The van der Waals surface area contributed by atoms with Crippen molar-refractivity contribution < 1.29 is 14.7 Å². The molecule has 0 aliphatic carbocycles. The molecule has 1 amide bonds. The number of nitrogens with zero attached hydrogens (tertiary/aromatic N) is 2. The highest BCUT2D eigenvalue weighted by atomic mass is 35.5. The Bertz CT molecular complexity index is 922. The van der Waals surface area contributed by atoms with E-state index in [4.69, 9.17) is 11.6 Å². The number of hydrogen-bond donors (Lipinski definition) is 1. The van der Waals surface area contributed by atoms with Gasteiger partial charge in [-0.1, -0.05) is 25.4 Å². The lowest BCUT2D eigenvalue weighted by Gasteiger charge is -2.28. The monoisotopic (exact) mass is 384 g/mol. The van der Waals surface area contributed by atoms with E-state index in [1.54, 1.807) is 42.7 Å². The number of pyridine rings is 1. The van der Waals surface area contributed by atoms with Crippen molar-refractivity contribution in [3.8, 4) is 0 Å². The first-order chi connectivity index (χ1) is 12.8. The van der Waals surface area contributed by atoms with Gasteiger partial charge in [0.15, 0.2) is 11.5 Å². The Hall–Kier alpha value is -2.66. The molecular formula is C21H21ClN2O3. The van der Waals surface area contributed by atoms with Gasteiger partial charge in [0.2, 0.25) is 0 Å². The highest BCUT2D eigenvalue weighted by Gasteiger charge is 2.44. The van der Waals surface area contributed by atoms with Crippen molar-refractivity contribution in [3.05, 3.63) is 70.2 Å². The average molecular weight is 385 g/mol. The van der Waals surface area contributed by atoms with Crippen LogP contribution in [-0.4, -0.2) is 21.8 Å². The summed E-state index contributed by atoms with van der Waals surface area (Å²) < 4.78 is 0. The van der Waals surface area contributed by atoms with Gasteiger partial charge in [0.05, 0.1) is 11.6 Å². The van der Waals surface area contributed by atoms with Crippen LogP contribution in [0.15, 0.2) is 54.1 Å². The summed E-state index contributed by atoms with van der Waals surface area (Å²) in [6, 6.07) is 7.96. The largest absolute Gasteiger partial charge is 0.503 e. The molecule has 5 nitrogen and oxygen atoms in total. The lowest BCUT2D eigenvalue weighted by Crippen LogP contribution is -2.31. The minimum absolute atomic E-state index is 0.109. The molecule has 0 spiro atoms. The van der Waals surface area contributed by atoms with Crippen LogP contribution in [0.2, 0.25) is 5.02 Å². The van der Waals surface area contributed by atoms with Crippen LogP contribution in [-0.2, 0) is 9.59 Å². The average Bonchev–Trinajstić information content (AvgIpc) is 2.87. The molecule has 6 heteroatoms. The van der Waals surface area contributed by atoms with Crippen LogP contribution in [0, 0.1) is 12.8 Å². The summed E-state index contributed by atoms with van der Waals surface area (Å²) in [7, 11) is 0. The van der Waals surface area contributed by atoms with E-state index in [9.17, 15) is 14.7 Å². The maximum Gasteiger partial charge on any atom is 0.294 e. The number of carbonyl (C=O) groups excluding carboxylic acids is 2. The molecule has 3 rings (SSSR count). The molecule has 0 saturated carbocycles. The third kappa shape index (κ3) is 3.60. The molecule has 1 aliphatic rings. The van der Waals surface area contributed by atoms with E-state index in [1.807, 2.05) is 20.8 Å². The maximum absolute atomic E-state index is 12.9. The summed E-state index contributed by atoms with van der Waals surface area (Å²) in [5.74, 6) is -1.20. The smallest absolute Gasteiger partial charge is 0.294 e. The fourth-order valence-electron chi connectivity index (χ4n) is 3.37. The lowest BCUT2D eigenvalue weighted by atomic mass is 9.92. The van der Waals surface area contributed by atoms with Crippen molar-refractivity contribution in [1.29, 1.82) is 0 Å². The summed E-state index contributed by atoms with van der Waals surface area (Å²) in [6.45, 7) is 5.69. The van der Waals surface area contributed by atoms with Gasteiger partial charge in [-0.2, -0.15) is 0 Å². The van der Waals surface area contributed by atoms with Crippen molar-refractivity contribution in [2.24, 2.45) is 5.92 Å². The number of anilines is 1. The number of carbonyl (C=O) groups is 2. The quantitative estimate of drug-likeness (QED) is 0.820. The first-order valence-corrected chi connectivity index (χ1v) is 9.15. The molecule has 27 heavy (non-hydrogen) atoms. The van der Waals surface area contributed by atoms with Gasteiger partial charge in [0.25, 0.3) is 5.91 Å². The summed E-state index contributed by atoms with van der Waals surface area (Å²) in [6.07, 6.45) is 3.46. The van der Waals surface area contributed by atoms with Gasteiger partial charge in [0.1, 0.15) is 0 Å². The van der Waals surface area contributed by atoms with Crippen molar-refractivity contribution in [3.63, 3.8) is 0 Å². The molecule has 0 bridgehead atoms. The van der Waals surface area contributed by atoms with Crippen molar-refractivity contribution >= 4 is 29.0 Å². The number of aromatic nitrogens is 1. The highest BCUT2D eigenvalue weighted by Crippen LogP contribution is 2.42. The minimum Gasteiger partial charge on any atom is -0.503 e. The molecule has 0 radical (unpaired) electrons. The predicted octanol–water partition coefficient (Wildman–Crippen LogP) is 4.56. The van der Waals surface area contributed by atoms with Crippen LogP contribution in [0.4, 0.5) is 5.69 Å². The number of Topliss-reactive ketones (excluding diaryl/α,β-unsaturated/α-hetero) is 1. The second-order valence-electron chi connectivity index (χ2n) is 7.07. The molecule has 1 aliphatic heterocycles. The van der Waals surface area contributed by atoms with Crippen LogP contribution in [0.25, 0.3) is 0 Å². The van der Waals surface area contributed by atoms with Crippen LogP contribution in [0.3, 0.4) is 0 Å². The second kappa shape index (κ2) is 7.53. The third-order valence-corrected chi connectivity index (χ3v) is 4.78. The molecule has 2 heterocycles. The number of rotatable bonds is 5.